The Labute approximate surface area is 113 Å². The third-order valence-electron chi connectivity index (χ3n) is 3.87. The van der Waals surface area contributed by atoms with E-state index in [1.165, 1.54) is 6.42 Å². The maximum absolute atomic E-state index is 11.4. The van der Waals surface area contributed by atoms with E-state index in [9.17, 15) is 9.90 Å². The number of hydrogen-bond donors (Lipinski definition) is 2. The molecule has 3 unspecified atom stereocenters. The lowest BCUT2D eigenvalue weighted by Gasteiger charge is -2.31. The summed E-state index contributed by atoms with van der Waals surface area (Å²) < 4.78 is 1.62. The Morgan fingerprint density at radius 2 is 2.42 bits per heavy atom. The summed E-state index contributed by atoms with van der Waals surface area (Å²) in [7, 11) is 1.80. The summed E-state index contributed by atoms with van der Waals surface area (Å²) >= 11 is 0. The van der Waals surface area contributed by atoms with E-state index in [1.807, 2.05) is 0 Å². The van der Waals surface area contributed by atoms with Crippen molar-refractivity contribution in [2.45, 2.75) is 45.2 Å². The summed E-state index contributed by atoms with van der Waals surface area (Å²) in [6.45, 7) is 2.66. The van der Waals surface area contributed by atoms with Gasteiger partial charge in [-0.3, -0.25) is 14.8 Å². The zero-order chi connectivity index (χ0) is 13.8. The number of carbonyl (C=O) groups is 1. The van der Waals surface area contributed by atoms with Crippen LogP contribution in [0.5, 0.6) is 0 Å². The smallest absolute Gasteiger partial charge is 0.320 e. The molecule has 0 spiro atoms. The van der Waals surface area contributed by atoms with Gasteiger partial charge in [0.1, 0.15) is 6.04 Å². The SMILES string of the molecule is CC1CCCC(C(NCc2cn(C)nn2)C(=O)O)C1. The van der Waals surface area contributed by atoms with E-state index in [1.54, 1.807) is 17.9 Å². The second kappa shape index (κ2) is 6.14. The molecule has 6 heteroatoms. The zero-order valence-corrected chi connectivity index (χ0v) is 11.5. The summed E-state index contributed by atoms with van der Waals surface area (Å²) in [5.41, 5.74) is 0.776. The molecule has 1 aromatic rings. The van der Waals surface area contributed by atoms with Crippen LogP contribution in [-0.4, -0.2) is 32.1 Å². The highest BCUT2D eigenvalue weighted by Crippen LogP contribution is 2.31. The van der Waals surface area contributed by atoms with Crippen LogP contribution in [-0.2, 0) is 18.4 Å². The minimum atomic E-state index is -0.761. The first-order valence-corrected chi connectivity index (χ1v) is 6.87. The monoisotopic (exact) mass is 266 g/mol. The topological polar surface area (TPSA) is 80.0 Å². The summed E-state index contributed by atoms with van der Waals surface area (Å²) in [5, 5.41) is 20.3. The number of carboxylic acid groups (broad SMARTS) is 1. The molecule has 1 fully saturated rings. The predicted octanol–water partition coefficient (Wildman–Crippen LogP) is 1.18. The first-order chi connectivity index (χ1) is 9.06. The Balaban J connectivity index is 1.94. The molecular weight excluding hydrogens is 244 g/mol. The van der Waals surface area contributed by atoms with Crippen LogP contribution >= 0.6 is 0 Å². The first-order valence-electron chi connectivity index (χ1n) is 6.87. The van der Waals surface area contributed by atoms with Crippen LogP contribution in [0.15, 0.2) is 6.20 Å². The van der Waals surface area contributed by atoms with Crippen molar-refractivity contribution in [1.29, 1.82) is 0 Å². The summed E-state index contributed by atoms with van der Waals surface area (Å²) in [6.07, 6.45) is 6.13. The molecule has 0 aromatic carbocycles. The standard InChI is InChI=1S/C13H22N4O2/c1-9-4-3-5-10(6-9)12(13(18)19)14-7-11-8-17(2)16-15-11/h8-10,12,14H,3-7H2,1-2H3,(H,18,19). The van der Waals surface area contributed by atoms with Gasteiger partial charge in [0, 0.05) is 19.8 Å². The van der Waals surface area contributed by atoms with E-state index >= 15 is 0 Å². The van der Waals surface area contributed by atoms with Gasteiger partial charge in [0.25, 0.3) is 0 Å². The van der Waals surface area contributed by atoms with E-state index in [2.05, 4.69) is 22.6 Å². The van der Waals surface area contributed by atoms with Gasteiger partial charge in [0.2, 0.25) is 0 Å². The highest BCUT2D eigenvalue weighted by molar-refractivity contribution is 5.73. The quantitative estimate of drug-likeness (QED) is 0.836. The normalized spacial score (nSPS) is 25.2. The van der Waals surface area contributed by atoms with E-state index in [0.717, 1.165) is 25.0 Å². The fourth-order valence-electron chi connectivity index (χ4n) is 2.93. The average Bonchev–Trinajstić information content (AvgIpc) is 2.75. The predicted molar refractivity (Wildman–Crippen MR) is 70.4 cm³/mol. The second-order valence-corrected chi connectivity index (χ2v) is 5.61. The Morgan fingerprint density at radius 3 is 3.00 bits per heavy atom. The highest BCUT2D eigenvalue weighted by atomic mass is 16.4. The van der Waals surface area contributed by atoms with Crippen molar-refractivity contribution in [1.82, 2.24) is 20.3 Å². The highest BCUT2D eigenvalue weighted by Gasteiger charge is 2.31. The lowest BCUT2D eigenvalue weighted by molar-refractivity contribution is -0.141. The minimum absolute atomic E-state index is 0.220. The summed E-state index contributed by atoms with van der Waals surface area (Å²) in [6, 6.07) is -0.482. The number of carboxylic acids is 1. The van der Waals surface area contributed by atoms with Crippen LogP contribution in [0.25, 0.3) is 0 Å². The van der Waals surface area contributed by atoms with Crippen molar-refractivity contribution in [2.24, 2.45) is 18.9 Å². The molecule has 1 aliphatic carbocycles. The van der Waals surface area contributed by atoms with Gasteiger partial charge in [0.05, 0.1) is 5.69 Å². The fourth-order valence-corrected chi connectivity index (χ4v) is 2.93. The Hall–Kier alpha value is -1.43. The molecule has 1 aromatic heterocycles. The molecule has 2 rings (SSSR count). The van der Waals surface area contributed by atoms with Crippen molar-refractivity contribution >= 4 is 5.97 Å². The molecule has 1 heterocycles. The van der Waals surface area contributed by atoms with Gasteiger partial charge in [-0.05, 0) is 24.7 Å². The first kappa shape index (κ1) is 14.0. The molecular formula is C13H22N4O2. The van der Waals surface area contributed by atoms with E-state index in [4.69, 9.17) is 0 Å². The van der Waals surface area contributed by atoms with Crippen LogP contribution < -0.4 is 5.32 Å². The zero-order valence-electron chi connectivity index (χ0n) is 11.5. The van der Waals surface area contributed by atoms with Crippen LogP contribution in [0, 0.1) is 11.8 Å². The lowest BCUT2D eigenvalue weighted by Crippen LogP contribution is -2.44. The van der Waals surface area contributed by atoms with E-state index in [-0.39, 0.29) is 5.92 Å². The number of nitrogens with one attached hydrogen (secondary N) is 1. The number of rotatable bonds is 5. The van der Waals surface area contributed by atoms with Gasteiger partial charge < -0.3 is 5.11 Å². The summed E-state index contributed by atoms with van der Waals surface area (Å²) in [4.78, 5) is 11.4. The van der Waals surface area contributed by atoms with Crippen molar-refractivity contribution < 1.29 is 9.90 Å². The third kappa shape index (κ3) is 3.76. The van der Waals surface area contributed by atoms with Gasteiger partial charge in [-0.25, -0.2) is 0 Å². The molecule has 106 valence electrons. The van der Waals surface area contributed by atoms with E-state index < -0.39 is 12.0 Å². The van der Waals surface area contributed by atoms with Gasteiger partial charge in [0.15, 0.2) is 0 Å². The van der Waals surface area contributed by atoms with Crippen molar-refractivity contribution in [3.8, 4) is 0 Å². The van der Waals surface area contributed by atoms with E-state index in [0.29, 0.717) is 12.5 Å². The molecule has 3 atom stereocenters. The maximum atomic E-state index is 11.4. The second-order valence-electron chi connectivity index (χ2n) is 5.61. The number of aliphatic carboxylic acids is 1. The third-order valence-corrected chi connectivity index (χ3v) is 3.87. The lowest BCUT2D eigenvalue weighted by atomic mass is 9.78. The van der Waals surface area contributed by atoms with Gasteiger partial charge in [-0.1, -0.05) is 25.0 Å². The number of nitrogens with zero attached hydrogens (tertiary/aromatic N) is 3. The number of aromatic nitrogens is 3. The molecule has 6 nitrogen and oxygen atoms in total. The summed E-state index contributed by atoms with van der Waals surface area (Å²) in [5.74, 6) is 0.0832. The van der Waals surface area contributed by atoms with Crippen molar-refractivity contribution in [3.05, 3.63) is 11.9 Å². The van der Waals surface area contributed by atoms with Crippen LogP contribution in [0.3, 0.4) is 0 Å². The maximum Gasteiger partial charge on any atom is 0.320 e. The Kier molecular flexibility index (Phi) is 4.52. The van der Waals surface area contributed by atoms with Crippen LogP contribution in [0.1, 0.15) is 38.3 Å². The minimum Gasteiger partial charge on any atom is -0.480 e. The molecule has 1 saturated carbocycles. The molecule has 0 amide bonds. The fraction of sp³-hybridized carbons (Fsp3) is 0.769. The van der Waals surface area contributed by atoms with Crippen LogP contribution in [0.4, 0.5) is 0 Å². The molecule has 1 aliphatic rings. The van der Waals surface area contributed by atoms with Gasteiger partial charge >= 0.3 is 5.97 Å². The van der Waals surface area contributed by atoms with Gasteiger partial charge in [-0.2, -0.15) is 0 Å². The largest absolute Gasteiger partial charge is 0.480 e. The van der Waals surface area contributed by atoms with Crippen molar-refractivity contribution in [2.75, 3.05) is 0 Å². The molecule has 0 radical (unpaired) electrons. The number of aryl methyl sites for hydroxylation is 1. The molecule has 19 heavy (non-hydrogen) atoms. The molecule has 0 saturated heterocycles. The van der Waals surface area contributed by atoms with Crippen LogP contribution in [0.2, 0.25) is 0 Å². The van der Waals surface area contributed by atoms with Gasteiger partial charge in [-0.15, -0.1) is 5.10 Å². The molecule has 0 bridgehead atoms. The number of hydrogen-bond acceptors (Lipinski definition) is 4. The van der Waals surface area contributed by atoms with Crippen molar-refractivity contribution in [3.63, 3.8) is 0 Å². The molecule has 2 N–H and O–H groups in total. The Morgan fingerprint density at radius 1 is 1.63 bits per heavy atom. The Bertz CT molecular complexity index is 432. The molecule has 0 aliphatic heterocycles. The average molecular weight is 266 g/mol.